The molecule has 84 valence electrons. The van der Waals surface area contributed by atoms with Crippen LogP contribution in [-0.2, 0) is 9.53 Å². The normalized spacial score (nSPS) is 14.9. The Kier molecular flexibility index (Phi) is 7.42. The number of hydrogen-bond acceptors (Lipinski definition) is 3. The summed E-state index contributed by atoms with van der Waals surface area (Å²) >= 11 is 0. The van der Waals surface area contributed by atoms with Crippen molar-refractivity contribution in [1.29, 1.82) is 0 Å². The Morgan fingerprint density at radius 3 is 2.64 bits per heavy atom. The molecule has 0 aliphatic carbocycles. The van der Waals surface area contributed by atoms with Gasteiger partial charge < -0.3 is 15.8 Å². The number of amides is 1. The van der Waals surface area contributed by atoms with Crippen molar-refractivity contribution in [1.82, 2.24) is 5.32 Å². The Bertz CT molecular complexity index is 162. The lowest BCUT2D eigenvalue weighted by atomic mass is 10.1. The van der Waals surface area contributed by atoms with Gasteiger partial charge in [0.1, 0.15) is 0 Å². The average Bonchev–Trinajstić information content (AvgIpc) is 2.15. The minimum absolute atomic E-state index is 0.00902. The first-order valence-electron chi connectivity index (χ1n) is 5.08. The second kappa shape index (κ2) is 7.76. The Labute approximate surface area is 86.2 Å². The van der Waals surface area contributed by atoms with Crippen molar-refractivity contribution in [2.45, 2.75) is 20.3 Å². The van der Waals surface area contributed by atoms with Gasteiger partial charge in [0.2, 0.25) is 5.91 Å². The molecule has 0 aliphatic rings. The predicted octanol–water partition coefficient (Wildman–Crippen LogP) is 0.370. The van der Waals surface area contributed by atoms with Crippen molar-refractivity contribution in [2.75, 3.05) is 26.8 Å². The molecule has 0 fully saturated rings. The summed E-state index contributed by atoms with van der Waals surface area (Å²) in [5.41, 5.74) is 5.37. The fraction of sp³-hybridized carbons (Fsp3) is 0.900. The number of ether oxygens (including phenoxy) is 1. The molecule has 0 aromatic carbocycles. The van der Waals surface area contributed by atoms with E-state index < -0.39 is 0 Å². The maximum atomic E-state index is 11.4. The Balaban J connectivity index is 3.61. The number of hydrogen-bond donors (Lipinski definition) is 2. The summed E-state index contributed by atoms with van der Waals surface area (Å²) in [6, 6.07) is 0. The predicted molar refractivity (Wildman–Crippen MR) is 56.9 cm³/mol. The second-order valence-corrected chi connectivity index (χ2v) is 3.78. The van der Waals surface area contributed by atoms with Gasteiger partial charge >= 0.3 is 0 Å². The molecule has 2 atom stereocenters. The fourth-order valence-corrected chi connectivity index (χ4v) is 1.17. The van der Waals surface area contributed by atoms with Crippen LogP contribution in [0.2, 0.25) is 0 Å². The summed E-state index contributed by atoms with van der Waals surface area (Å²) in [5.74, 6) is 0.446. The molecule has 0 aromatic rings. The van der Waals surface area contributed by atoms with E-state index in [0.717, 1.165) is 6.42 Å². The highest BCUT2D eigenvalue weighted by molar-refractivity contribution is 5.78. The fourth-order valence-electron chi connectivity index (χ4n) is 1.17. The zero-order chi connectivity index (χ0) is 11.0. The maximum absolute atomic E-state index is 11.4. The van der Waals surface area contributed by atoms with Crippen LogP contribution in [0.3, 0.4) is 0 Å². The molecule has 0 radical (unpaired) electrons. The van der Waals surface area contributed by atoms with Crippen molar-refractivity contribution in [3.8, 4) is 0 Å². The topological polar surface area (TPSA) is 64.3 Å². The molecular weight excluding hydrogens is 180 g/mol. The summed E-state index contributed by atoms with van der Waals surface area (Å²) < 4.78 is 4.97. The average molecular weight is 202 g/mol. The highest BCUT2D eigenvalue weighted by atomic mass is 16.5. The van der Waals surface area contributed by atoms with Crippen LogP contribution in [0.25, 0.3) is 0 Å². The van der Waals surface area contributed by atoms with Crippen molar-refractivity contribution >= 4 is 5.91 Å². The van der Waals surface area contributed by atoms with E-state index in [0.29, 0.717) is 25.6 Å². The van der Waals surface area contributed by atoms with Gasteiger partial charge in [0.25, 0.3) is 0 Å². The largest absolute Gasteiger partial charge is 0.384 e. The minimum Gasteiger partial charge on any atom is -0.384 e. The second-order valence-electron chi connectivity index (χ2n) is 3.78. The lowest BCUT2D eigenvalue weighted by Gasteiger charge is -2.14. The van der Waals surface area contributed by atoms with Gasteiger partial charge in [0.05, 0.1) is 6.61 Å². The van der Waals surface area contributed by atoms with Crippen molar-refractivity contribution in [2.24, 2.45) is 17.6 Å². The van der Waals surface area contributed by atoms with E-state index in [2.05, 4.69) is 5.32 Å². The monoisotopic (exact) mass is 202 g/mol. The molecule has 3 N–H and O–H groups in total. The van der Waals surface area contributed by atoms with Gasteiger partial charge in [0.15, 0.2) is 0 Å². The van der Waals surface area contributed by atoms with Crippen LogP contribution in [0.4, 0.5) is 0 Å². The standard InChI is InChI=1S/C10H22N2O2/c1-8(7-14-3)6-12-10(13)9(2)4-5-11/h8-9H,4-7,11H2,1-3H3,(H,12,13). The summed E-state index contributed by atoms with van der Waals surface area (Å²) in [6.45, 7) is 5.83. The Morgan fingerprint density at radius 1 is 1.50 bits per heavy atom. The van der Waals surface area contributed by atoms with E-state index in [9.17, 15) is 4.79 Å². The zero-order valence-corrected chi connectivity index (χ0v) is 9.38. The molecule has 1 amide bonds. The zero-order valence-electron chi connectivity index (χ0n) is 9.38. The van der Waals surface area contributed by atoms with Gasteiger partial charge in [-0.25, -0.2) is 0 Å². The molecule has 0 saturated carbocycles. The molecule has 0 rings (SSSR count). The van der Waals surface area contributed by atoms with E-state index in [4.69, 9.17) is 10.5 Å². The smallest absolute Gasteiger partial charge is 0.222 e. The molecule has 0 bridgehead atoms. The Morgan fingerprint density at radius 2 is 2.14 bits per heavy atom. The van der Waals surface area contributed by atoms with Gasteiger partial charge in [-0.2, -0.15) is 0 Å². The van der Waals surface area contributed by atoms with Gasteiger partial charge in [-0.3, -0.25) is 4.79 Å². The van der Waals surface area contributed by atoms with Crippen molar-refractivity contribution in [3.63, 3.8) is 0 Å². The quantitative estimate of drug-likeness (QED) is 0.627. The number of rotatable bonds is 7. The first kappa shape index (κ1) is 13.4. The molecule has 2 unspecified atom stereocenters. The summed E-state index contributed by atoms with van der Waals surface area (Å²) in [6.07, 6.45) is 0.741. The van der Waals surface area contributed by atoms with Crippen LogP contribution < -0.4 is 11.1 Å². The molecule has 0 aliphatic heterocycles. The lowest BCUT2D eigenvalue weighted by Crippen LogP contribution is -2.34. The van der Waals surface area contributed by atoms with Crippen LogP contribution in [0, 0.1) is 11.8 Å². The third-order valence-electron chi connectivity index (χ3n) is 2.12. The third kappa shape index (κ3) is 5.94. The highest BCUT2D eigenvalue weighted by Gasteiger charge is 2.12. The van der Waals surface area contributed by atoms with Crippen LogP contribution in [-0.4, -0.2) is 32.7 Å². The van der Waals surface area contributed by atoms with E-state index in [1.165, 1.54) is 0 Å². The van der Waals surface area contributed by atoms with Crippen molar-refractivity contribution < 1.29 is 9.53 Å². The summed E-state index contributed by atoms with van der Waals surface area (Å²) in [4.78, 5) is 11.4. The van der Waals surface area contributed by atoms with Gasteiger partial charge in [0, 0.05) is 19.6 Å². The molecular formula is C10H22N2O2. The number of nitrogens with two attached hydrogens (primary N) is 1. The van der Waals surface area contributed by atoms with Crippen LogP contribution in [0.5, 0.6) is 0 Å². The number of nitrogens with one attached hydrogen (secondary N) is 1. The maximum Gasteiger partial charge on any atom is 0.222 e. The SMILES string of the molecule is COCC(C)CNC(=O)C(C)CCN. The molecule has 4 nitrogen and oxygen atoms in total. The first-order valence-corrected chi connectivity index (χ1v) is 5.08. The minimum atomic E-state index is 0.00902. The summed E-state index contributed by atoms with van der Waals surface area (Å²) in [7, 11) is 1.66. The summed E-state index contributed by atoms with van der Waals surface area (Å²) in [5, 5.41) is 2.88. The first-order chi connectivity index (χ1) is 6.61. The molecule has 4 heteroatoms. The van der Waals surface area contributed by atoms with Gasteiger partial charge in [-0.05, 0) is 18.9 Å². The van der Waals surface area contributed by atoms with E-state index in [1.54, 1.807) is 7.11 Å². The molecule has 0 heterocycles. The van der Waals surface area contributed by atoms with Crippen molar-refractivity contribution in [3.05, 3.63) is 0 Å². The van der Waals surface area contributed by atoms with E-state index in [-0.39, 0.29) is 11.8 Å². The highest BCUT2D eigenvalue weighted by Crippen LogP contribution is 2.00. The molecule has 0 saturated heterocycles. The number of carbonyl (C=O) groups excluding carboxylic acids is 1. The molecule has 14 heavy (non-hydrogen) atoms. The van der Waals surface area contributed by atoms with Crippen LogP contribution >= 0.6 is 0 Å². The van der Waals surface area contributed by atoms with Crippen LogP contribution in [0.15, 0.2) is 0 Å². The number of methoxy groups -OCH3 is 1. The van der Waals surface area contributed by atoms with Gasteiger partial charge in [-0.15, -0.1) is 0 Å². The van der Waals surface area contributed by atoms with E-state index >= 15 is 0 Å². The van der Waals surface area contributed by atoms with Crippen LogP contribution in [0.1, 0.15) is 20.3 Å². The lowest BCUT2D eigenvalue weighted by molar-refractivity contribution is -0.124. The number of carbonyl (C=O) groups is 1. The van der Waals surface area contributed by atoms with E-state index in [1.807, 2.05) is 13.8 Å². The molecule has 0 aromatic heterocycles. The van der Waals surface area contributed by atoms with Gasteiger partial charge in [-0.1, -0.05) is 13.8 Å². The molecule has 0 spiro atoms. The Hall–Kier alpha value is -0.610. The third-order valence-corrected chi connectivity index (χ3v) is 2.12.